The van der Waals surface area contributed by atoms with E-state index >= 15 is 0 Å². The maximum absolute atomic E-state index is 12.3. The molecule has 1 amide bonds. The Morgan fingerprint density at radius 2 is 2.04 bits per heavy atom. The predicted octanol–water partition coefficient (Wildman–Crippen LogP) is 3.95. The standard InChI is InChI=1S/C23H25NO3/c1-3-14-27-21-12-8-17(15-22(21)26-2)9-13-23(25)24-20-11-10-18-6-4-5-7-19(18)16-20/h3-9,12-13,15,20H,1,10-11,14,16H2,2H3,(H,24,25)/b13-9+. The van der Waals surface area contributed by atoms with E-state index in [2.05, 4.69) is 36.2 Å². The first-order chi connectivity index (χ1) is 13.2. The van der Waals surface area contributed by atoms with Crippen LogP contribution in [0.25, 0.3) is 6.08 Å². The van der Waals surface area contributed by atoms with Crippen LogP contribution in [0.15, 0.2) is 61.2 Å². The van der Waals surface area contributed by atoms with Gasteiger partial charge in [-0.05, 0) is 54.2 Å². The number of rotatable bonds is 7. The lowest BCUT2D eigenvalue weighted by atomic mass is 9.88. The largest absolute Gasteiger partial charge is 0.493 e. The number of aryl methyl sites for hydroxylation is 1. The van der Waals surface area contributed by atoms with Crippen molar-refractivity contribution in [2.75, 3.05) is 13.7 Å². The Hall–Kier alpha value is -3.01. The van der Waals surface area contributed by atoms with Gasteiger partial charge in [0, 0.05) is 12.1 Å². The number of amides is 1. The summed E-state index contributed by atoms with van der Waals surface area (Å²) < 4.78 is 10.9. The Morgan fingerprint density at radius 3 is 2.81 bits per heavy atom. The van der Waals surface area contributed by atoms with Gasteiger partial charge in [-0.1, -0.05) is 43.0 Å². The Morgan fingerprint density at radius 1 is 1.22 bits per heavy atom. The third-order valence-corrected chi connectivity index (χ3v) is 4.66. The van der Waals surface area contributed by atoms with Crippen molar-refractivity contribution < 1.29 is 14.3 Å². The van der Waals surface area contributed by atoms with E-state index in [1.165, 1.54) is 11.1 Å². The van der Waals surface area contributed by atoms with Crippen LogP contribution in [-0.4, -0.2) is 25.7 Å². The van der Waals surface area contributed by atoms with Gasteiger partial charge < -0.3 is 14.8 Å². The van der Waals surface area contributed by atoms with Crippen LogP contribution in [-0.2, 0) is 17.6 Å². The number of benzene rings is 2. The Bertz CT molecular complexity index is 841. The molecule has 1 unspecified atom stereocenters. The first-order valence-corrected chi connectivity index (χ1v) is 9.16. The summed E-state index contributed by atoms with van der Waals surface area (Å²) in [6.45, 7) is 4.05. The van der Waals surface area contributed by atoms with E-state index in [1.54, 1.807) is 25.3 Å². The number of fused-ring (bicyclic) bond motifs is 1. The summed E-state index contributed by atoms with van der Waals surface area (Å²) in [5, 5.41) is 3.11. The van der Waals surface area contributed by atoms with Crippen LogP contribution >= 0.6 is 0 Å². The number of carbonyl (C=O) groups excluding carboxylic acids is 1. The lowest BCUT2D eigenvalue weighted by Crippen LogP contribution is -2.37. The Balaban J connectivity index is 1.59. The van der Waals surface area contributed by atoms with Crippen molar-refractivity contribution in [2.24, 2.45) is 0 Å². The van der Waals surface area contributed by atoms with E-state index < -0.39 is 0 Å². The fraction of sp³-hybridized carbons (Fsp3) is 0.261. The molecule has 0 saturated carbocycles. The summed E-state index contributed by atoms with van der Waals surface area (Å²) in [4.78, 5) is 12.3. The van der Waals surface area contributed by atoms with Gasteiger partial charge in [-0.3, -0.25) is 4.79 Å². The molecule has 0 heterocycles. The molecule has 1 atom stereocenters. The highest BCUT2D eigenvalue weighted by Gasteiger charge is 2.18. The molecular formula is C23H25NO3. The molecule has 1 N–H and O–H groups in total. The maximum Gasteiger partial charge on any atom is 0.244 e. The second-order valence-electron chi connectivity index (χ2n) is 6.56. The fourth-order valence-electron chi connectivity index (χ4n) is 3.30. The zero-order valence-corrected chi connectivity index (χ0v) is 15.6. The third kappa shape index (κ3) is 5.00. The minimum atomic E-state index is -0.0784. The first-order valence-electron chi connectivity index (χ1n) is 9.16. The molecule has 27 heavy (non-hydrogen) atoms. The van der Waals surface area contributed by atoms with E-state index in [1.807, 2.05) is 18.2 Å². The molecule has 3 rings (SSSR count). The van der Waals surface area contributed by atoms with Crippen LogP contribution in [0, 0.1) is 0 Å². The van der Waals surface area contributed by atoms with Crippen molar-refractivity contribution >= 4 is 12.0 Å². The molecule has 1 aliphatic rings. The number of hydrogen-bond acceptors (Lipinski definition) is 3. The zero-order valence-electron chi connectivity index (χ0n) is 15.6. The summed E-state index contributed by atoms with van der Waals surface area (Å²) in [5.41, 5.74) is 3.60. The van der Waals surface area contributed by atoms with Crippen LogP contribution in [0.1, 0.15) is 23.1 Å². The Kier molecular flexibility index (Phi) is 6.31. The molecule has 0 aromatic heterocycles. The molecule has 0 radical (unpaired) electrons. The van der Waals surface area contributed by atoms with Gasteiger partial charge in [-0.25, -0.2) is 0 Å². The molecule has 4 nitrogen and oxygen atoms in total. The molecule has 0 spiro atoms. The van der Waals surface area contributed by atoms with Gasteiger partial charge in [0.2, 0.25) is 5.91 Å². The number of ether oxygens (including phenoxy) is 2. The first kappa shape index (κ1) is 18.8. The second-order valence-corrected chi connectivity index (χ2v) is 6.56. The summed E-state index contributed by atoms with van der Waals surface area (Å²) >= 11 is 0. The summed E-state index contributed by atoms with van der Waals surface area (Å²) in [6.07, 6.45) is 7.90. The minimum absolute atomic E-state index is 0.0784. The molecular weight excluding hydrogens is 338 g/mol. The van der Waals surface area contributed by atoms with E-state index in [0.717, 1.165) is 24.8 Å². The monoisotopic (exact) mass is 363 g/mol. The van der Waals surface area contributed by atoms with Crippen LogP contribution in [0.2, 0.25) is 0 Å². The molecule has 4 heteroatoms. The van der Waals surface area contributed by atoms with Crippen LogP contribution in [0.4, 0.5) is 0 Å². The summed E-state index contributed by atoms with van der Waals surface area (Å²) in [6, 6.07) is 14.2. The number of hydrogen-bond donors (Lipinski definition) is 1. The lowest BCUT2D eigenvalue weighted by molar-refractivity contribution is -0.117. The van der Waals surface area contributed by atoms with Gasteiger partial charge in [-0.2, -0.15) is 0 Å². The number of methoxy groups -OCH3 is 1. The SMILES string of the molecule is C=CCOc1ccc(/C=C/C(=O)NC2CCc3ccccc3C2)cc1OC. The lowest BCUT2D eigenvalue weighted by Gasteiger charge is -2.25. The molecule has 0 fully saturated rings. The molecule has 0 saturated heterocycles. The van der Waals surface area contributed by atoms with Crippen molar-refractivity contribution in [2.45, 2.75) is 25.3 Å². The smallest absolute Gasteiger partial charge is 0.244 e. The number of carbonyl (C=O) groups is 1. The van der Waals surface area contributed by atoms with Crippen molar-refractivity contribution in [3.8, 4) is 11.5 Å². The van der Waals surface area contributed by atoms with Crippen molar-refractivity contribution in [1.82, 2.24) is 5.32 Å². The van der Waals surface area contributed by atoms with Crippen molar-refractivity contribution in [3.05, 3.63) is 77.9 Å². The predicted molar refractivity (Wildman–Crippen MR) is 108 cm³/mol. The maximum atomic E-state index is 12.3. The second kappa shape index (κ2) is 9.08. The van der Waals surface area contributed by atoms with Gasteiger partial charge in [0.05, 0.1) is 7.11 Å². The third-order valence-electron chi connectivity index (χ3n) is 4.66. The van der Waals surface area contributed by atoms with Gasteiger partial charge in [0.15, 0.2) is 11.5 Å². The van der Waals surface area contributed by atoms with Gasteiger partial charge in [0.25, 0.3) is 0 Å². The normalized spacial score (nSPS) is 15.8. The van der Waals surface area contributed by atoms with Crippen LogP contribution < -0.4 is 14.8 Å². The molecule has 2 aromatic rings. The van der Waals surface area contributed by atoms with E-state index in [4.69, 9.17) is 9.47 Å². The highest BCUT2D eigenvalue weighted by Crippen LogP contribution is 2.28. The van der Waals surface area contributed by atoms with Crippen molar-refractivity contribution in [3.63, 3.8) is 0 Å². The molecule has 2 aromatic carbocycles. The van der Waals surface area contributed by atoms with Gasteiger partial charge in [-0.15, -0.1) is 0 Å². The molecule has 140 valence electrons. The van der Waals surface area contributed by atoms with E-state index in [0.29, 0.717) is 18.1 Å². The topological polar surface area (TPSA) is 47.6 Å². The molecule has 0 aliphatic heterocycles. The zero-order chi connectivity index (χ0) is 19.1. The molecule has 0 bridgehead atoms. The van der Waals surface area contributed by atoms with Gasteiger partial charge >= 0.3 is 0 Å². The van der Waals surface area contributed by atoms with Crippen LogP contribution in [0.3, 0.4) is 0 Å². The average Bonchev–Trinajstić information content (AvgIpc) is 2.70. The molecule has 1 aliphatic carbocycles. The highest BCUT2D eigenvalue weighted by molar-refractivity contribution is 5.92. The van der Waals surface area contributed by atoms with Gasteiger partial charge in [0.1, 0.15) is 6.61 Å². The fourth-order valence-corrected chi connectivity index (χ4v) is 3.30. The average molecular weight is 363 g/mol. The number of nitrogens with one attached hydrogen (secondary N) is 1. The Labute approximate surface area is 160 Å². The van der Waals surface area contributed by atoms with Crippen molar-refractivity contribution in [1.29, 1.82) is 0 Å². The summed E-state index contributed by atoms with van der Waals surface area (Å²) in [7, 11) is 1.59. The highest BCUT2D eigenvalue weighted by atomic mass is 16.5. The summed E-state index contributed by atoms with van der Waals surface area (Å²) in [5.74, 6) is 1.20. The van der Waals surface area contributed by atoms with E-state index in [9.17, 15) is 4.79 Å². The quantitative estimate of drug-likeness (QED) is 0.599. The minimum Gasteiger partial charge on any atom is -0.493 e. The van der Waals surface area contributed by atoms with Crippen LogP contribution in [0.5, 0.6) is 11.5 Å². The van der Waals surface area contributed by atoms with E-state index in [-0.39, 0.29) is 11.9 Å².